The van der Waals surface area contributed by atoms with Crippen molar-refractivity contribution in [2.24, 2.45) is 16.5 Å². The van der Waals surface area contributed by atoms with E-state index in [0.717, 1.165) is 52.7 Å². The van der Waals surface area contributed by atoms with Crippen LogP contribution in [0, 0.1) is 21.4 Å². The summed E-state index contributed by atoms with van der Waals surface area (Å²) >= 11 is 0. The van der Waals surface area contributed by atoms with Gasteiger partial charge in [0.25, 0.3) is 5.69 Å². The van der Waals surface area contributed by atoms with Gasteiger partial charge in [0, 0.05) is 42.6 Å². The van der Waals surface area contributed by atoms with E-state index >= 15 is 0 Å². The fraction of sp³-hybridized carbons (Fsp3) is 0.387. The monoisotopic (exact) mass is 576 g/mol. The number of ketones is 1. The molecule has 1 unspecified atom stereocenters. The highest BCUT2D eigenvalue weighted by Crippen LogP contribution is 2.54. The molecule has 1 saturated carbocycles. The molecule has 0 N–H and O–H groups in total. The standard InChI is InChI=1S/C31H33N2O7P/c1-5-22-7-6-13-31(22)17-38-41(39-18-31)14-12-28(32-40-20(4)34)30(35)21-8-10-24-25-11-9-23(33(36)37)16-27(25)29(19(2)3)26(24)15-21/h5,8-11,15-16,22H,1,6-7,12-14,17-18H2,2-4H3/b32-28-. The number of rotatable bonds is 8. The Balaban J connectivity index is 1.36. The zero-order chi connectivity index (χ0) is 29.3. The molecule has 41 heavy (non-hydrogen) atoms. The summed E-state index contributed by atoms with van der Waals surface area (Å²) in [6.07, 6.45) is 5.94. The second kappa shape index (κ2) is 11.8. The number of oxime groups is 1. The van der Waals surface area contributed by atoms with E-state index in [-0.39, 0.29) is 29.0 Å². The van der Waals surface area contributed by atoms with Gasteiger partial charge in [0.1, 0.15) is 5.71 Å². The van der Waals surface area contributed by atoms with Crippen LogP contribution in [-0.4, -0.2) is 41.8 Å². The van der Waals surface area contributed by atoms with Crippen LogP contribution in [0.5, 0.6) is 0 Å². The quantitative estimate of drug-likeness (QED) is 0.0528. The van der Waals surface area contributed by atoms with Gasteiger partial charge in [-0.2, -0.15) is 0 Å². The molecular formula is C31H33N2O7P. The number of carbonyl (C=O) groups is 2. The summed E-state index contributed by atoms with van der Waals surface area (Å²) in [6, 6.07) is 10.2. The van der Waals surface area contributed by atoms with Crippen molar-refractivity contribution in [3.8, 4) is 11.1 Å². The van der Waals surface area contributed by atoms with Gasteiger partial charge in [0.2, 0.25) is 5.78 Å². The van der Waals surface area contributed by atoms with Crippen LogP contribution in [0.25, 0.3) is 16.7 Å². The van der Waals surface area contributed by atoms with Crippen molar-refractivity contribution >= 4 is 37.1 Å². The second-order valence-electron chi connectivity index (χ2n) is 11.0. The van der Waals surface area contributed by atoms with Crippen LogP contribution in [-0.2, 0) is 18.7 Å². The Hall–Kier alpha value is -3.52. The van der Waals surface area contributed by atoms with Gasteiger partial charge in [0.05, 0.1) is 18.1 Å². The van der Waals surface area contributed by atoms with Crippen molar-refractivity contribution in [1.29, 1.82) is 0 Å². The number of fused-ring (bicyclic) bond motifs is 3. The average molecular weight is 577 g/mol. The third-order valence-electron chi connectivity index (χ3n) is 8.16. The third-order valence-corrected chi connectivity index (χ3v) is 9.58. The molecule has 2 fully saturated rings. The van der Waals surface area contributed by atoms with Crippen LogP contribution in [0.3, 0.4) is 0 Å². The highest BCUT2D eigenvalue weighted by Gasteiger charge is 2.45. The van der Waals surface area contributed by atoms with Gasteiger partial charge >= 0.3 is 5.97 Å². The van der Waals surface area contributed by atoms with E-state index in [9.17, 15) is 19.7 Å². The molecule has 1 atom stereocenters. The highest BCUT2D eigenvalue weighted by molar-refractivity contribution is 7.47. The molecule has 5 rings (SSSR count). The molecular weight excluding hydrogens is 543 g/mol. The third kappa shape index (κ3) is 5.67. The topological polar surface area (TPSA) is 117 Å². The maximum Gasteiger partial charge on any atom is 0.331 e. The average Bonchev–Trinajstić information content (AvgIpc) is 3.50. The maximum atomic E-state index is 13.7. The first-order chi connectivity index (χ1) is 19.6. The Kier molecular flexibility index (Phi) is 8.32. The van der Waals surface area contributed by atoms with Crippen LogP contribution in [0.1, 0.15) is 67.9 Å². The van der Waals surface area contributed by atoms with Crippen LogP contribution in [0.2, 0.25) is 0 Å². The molecule has 0 bridgehead atoms. The summed E-state index contributed by atoms with van der Waals surface area (Å²) in [4.78, 5) is 41.1. The lowest BCUT2D eigenvalue weighted by Gasteiger charge is -2.40. The van der Waals surface area contributed by atoms with Crippen LogP contribution in [0.15, 0.2) is 59.8 Å². The van der Waals surface area contributed by atoms with E-state index < -0.39 is 19.3 Å². The van der Waals surface area contributed by atoms with Crippen molar-refractivity contribution in [2.75, 3.05) is 19.4 Å². The second-order valence-corrected chi connectivity index (χ2v) is 12.7. The molecule has 2 aliphatic carbocycles. The van der Waals surface area contributed by atoms with Crippen molar-refractivity contribution in [2.45, 2.75) is 46.5 Å². The number of hydrogen-bond acceptors (Lipinski definition) is 8. The van der Waals surface area contributed by atoms with Crippen molar-refractivity contribution in [3.05, 3.63) is 81.4 Å². The van der Waals surface area contributed by atoms with Crippen LogP contribution < -0.4 is 0 Å². The van der Waals surface area contributed by atoms with E-state index in [2.05, 4.69) is 11.7 Å². The molecule has 10 heteroatoms. The van der Waals surface area contributed by atoms with Gasteiger partial charge in [-0.1, -0.05) is 35.4 Å². The molecule has 2 aromatic carbocycles. The van der Waals surface area contributed by atoms with Gasteiger partial charge in [-0.3, -0.25) is 14.9 Å². The maximum absolute atomic E-state index is 13.7. The predicted molar refractivity (Wildman–Crippen MR) is 158 cm³/mol. The fourth-order valence-electron chi connectivity index (χ4n) is 6.08. The van der Waals surface area contributed by atoms with Crippen LogP contribution in [0.4, 0.5) is 5.69 Å². The smallest absolute Gasteiger partial charge is 0.331 e. The molecule has 1 aliphatic heterocycles. The van der Waals surface area contributed by atoms with Crippen molar-refractivity contribution < 1.29 is 28.4 Å². The Morgan fingerprint density at radius 2 is 1.80 bits per heavy atom. The lowest BCUT2D eigenvalue weighted by molar-refractivity contribution is -0.384. The molecule has 0 radical (unpaired) electrons. The molecule has 0 amide bonds. The fourth-order valence-corrected chi connectivity index (χ4v) is 7.61. The first-order valence-corrected chi connectivity index (χ1v) is 15.1. The molecule has 214 valence electrons. The normalized spacial score (nSPS) is 23.2. The first kappa shape index (κ1) is 29.0. The zero-order valence-corrected chi connectivity index (χ0v) is 24.4. The Morgan fingerprint density at radius 1 is 1.12 bits per heavy atom. The summed E-state index contributed by atoms with van der Waals surface area (Å²) < 4.78 is 12.3. The van der Waals surface area contributed by atoms with E-state index in [1.165, 1.54) is 13.0 Å². The number of non-ortho nitro benzene ring substituents is 1. The van der Waals surface area contributed by atoms with Gasteiger partial charge in [-0.25, -0.2) is 4.79 Å². The number of Topliss-reactive ketones (excluding diaryl/α,β-unsaturated/α-hetero) is 1. The Morgan fingerprint density at radius 3 is 2.44 bits per heavy atom. The van der Waals surface area contributed by atoms with Gasteiger partial charge in [-0.05, 0) is 72.6 Å². The zero-order valence-electron chi connectivity index (χ0n) is 23.5. The summed E-state index contributed by atoms with van der Waals surface area (Å²) in [7, 11) is -1.22. The minimum absolute atomic E-state index is 0.00960. The SMILES string of the molecule is C=CC1CCCC12COP(CC/C(=N/OC(C)=O)C(=O)c1ccc3c(c1)C(=C(C)C)c1cc([N+](=O)[O-])ccc1-3)OC2. The Bertz CT molecular complexity index is 1480. The number of nitro groups is 1. The Labute approximate surface area is 240 Å². The lowest BCUT2D eigenvalue weighted by Crippen LogP contribution is -2.37. The summed E-state index contributed by atoms with van der Waals surface area (Å²) in [6.45, 7) is 10.3. The number of benzene rings is 2. The summed E-state index contributed by atoms with van der Waals surface area (Å²) in [5.74, 6) is -0.608. The molecule has 1 spiro atoms. The van der Waals surface area contributed by atoms with Gasteiger partial charge in [0.15, 0.2) is 8.38 Å². The van der Waals surface area contributed by atoms with E-state index in [1.54, 1.807) is 24.3 Å². The number of carbonyl (C=O) groups excluding carboxylic acids is 2. The molecule has 0 aromatic heterocycles. The molecule has 1 heterocycles. The van der Waals surface area contributed by atoms with E-state index in [0.29, 0.717) is 30.9 Å². The lowest BCUT2D eigenvalue weighted by atomic mass is 9.79. The largest absolute Gasteiger partial charge is 0.333 e. The summed E-state index contributed by atoms with van der Waals surface area (Å²) in [5, 5.41) is 15.3. The number of nitro benzene ring substituents is 1. The molecule has 9 nitrogen and oxygen atoms in total. The van der Waals surface area contributed by atoms with Gasteiger partial charge in [-0.15, -0.1) is 6.58 Å². The van der Waals surface area contributed by atoms with Crippen LogP contribution >= 0.6 is 8.38 Å². The summed E-state index contributed by atoms with van der Waals surface area (Å²) in [5.41, 5.74) is 5.66. The number of hydrogen-bond donors (Lipinski definition) is 0. The minimum atomic E-state index is -1.22. The van der Waals surface area contributed by atoms with Crippen molar-refractivity contribution in [3.63, 3.8) is 0 Å². The van der Waals surface area contributed by atoms with E-state index in [1.807, 2.05) is 26.0 Å². The van der Waals surface area contributed by atoms with Gasteiger partial charge < -0.3 is 13.9 Å². The predicted octanol–water partition coefficient (Wildman–Crippen LogP) is 7.24. The minimum Gasteiger partial charge on any atom is -0.333 e. The number of nitrogens with zero attached hydrogens (tertiary/aromatic N) is 2. The molecule has 2 aromatic rings. The highest BCUT2D eigenvalue weighted by atomic mass is 31.2. The van der Waals surface area contributed by atoms with E-state index in [4.69, 9.17) is 13.9 Å². The van der Waals surface area contributed by atoms with Crippen molar-refractivity contribution in [1.82, 2.24) is 0 Å². The number of allylic oxidation sites excluding steroid dienone is 2. The first-order valence-electron chi connectivity index (χ1n) is 13.7. The molecule has 1 saturated heterocycles. The molecule has 3 aliphatic rings.